The molecular formula is C15H13BrFNO. The fourth-order valence-electron chi connectivity index (χ4n) is 1.69. The molecule has 0 radical (unpaired) electrons. The highest BCUT2D eigenvalue weighted by Gasteiger charge is 2.11. The van der Waals surface area contributed by atoms with Crippen molar-refractivity contribution in [1.82, 2.24) is 0 Å². The van der Waals surface area contributed by atoms with Crippen LogP contribution in [0.25, 0.3) is 0 Å². The van der Waals surface area contributed by atoms with Crippen molar-refractivity contribution in [3.05, 3.63) is 65.0 Å². The summed E-state index contributed by atoms with van der Waals surface area (Å²) in [6.07, 6.45) is 0. The van der Waals surface area contributed by atoms with Crippen molar-refractivity contribution in [2.24, 2.45) is 0 Å². The Labute approximate surface area is 119 Å². The molecule has 0 fully saturated rings. The number of carbonyl (C=O) groups is 1. The smallest absolute Gasteiger partial charge is 0.258 e. The van der Waals surface area contributed by atoms with Crippen molar-refractivity contribution in [2.75, 3.05) is 5.32 Å². The van der Waals surface area contributed by atoms with Gasteiger partial charge in [0.2, 0.25) is 0 Å². The zero-order chi connectivity index (χ0) is 13.8. The first-order chi connectivity index (χ1) is 9.10. The van der Waals surface area contributed by atoms with Crippen LogP contribution in [0.2, 0.25) is 0 Å². The van der Waals surface area contributed by atoms with E-state index in [0.29, 0.717) is 5.69 Å². The van der Waals surface area contributed by atoms with E-state index in [1.165, 1.54) is 12.1 Å². The molecule has 0 aliphatic rings. The Morgan fingerprint density at radius 3 is 2.53 bits per heavy atom. The van der Waals surface area contributed by atoms with E-state index in [2.05, 4.69) is 21.2 Å². The lowest BCUT2D eigenvalue weighted by atomic mass is 10.1. The molecule has 0 aliphatic carbocycles. The standard InChI is InChI=1S/C15H13BrFNO/c1-10-2-7-14(17)13(8-10)15(19)18-12-5-3-11(9-16)4-6-12/h2-8H,9H2,1H3,(H,18,19). The Bertz CT molecular complexity index is 596. The van der Waals surface area contributed by atoms with Gasteiger partial charge in [-0.3, -0.25) is 4.79 Å². The van der Waals surface area contributed by atoms with E-state index in [4.69, 9.17) is 0 Å². The van der Waals surface area contributed by atoms with E-state index >= 15 is 0 Å². The van der Waals surface area contributed by atoms with Gasteiger partial charge in [0, 0.05) is 11.0 Å². The molecule has 0 bridgehead atoms. The average Bonchev–Trinajstić information content (AvgIpc) is 2.42. The number of carbonyl (C=O) groups excluding carboxylic acids is 1. The summed E-state index contributed by atoms with van der Waals surface area (Å²) in [4.78, 5) is 12.0. The third kappa shape index (κ3) is 3.41. The third-order valence-electron chi connectivity index (χ3n) is 2.73. The number of amides is 1. The van der Waals surface area contributed by atoms with Gasteiger partial charge in [0.15, 0.2) is 0 Å². The van der Waals surface area contributed by atoms with Gasteiger partial charge in [-0.05, 0) is 36.8 Å². The van der Waals surface area contributed by atoms with E-state index in [1.54, 1.807) is 18.2 Å². The maximum Gasteiger partial charge on any atom is 0.258 e. The Morgan fingerprint density at radius 1 is 1.21 bits per heavy atom. The number of aryl methyl sites for hydroxylation is 1. The SMILES string of the molecule is Cc1ccc(F)c(C(=O)Nc2ccc(CBr)cc2)c1. The molecule has 1 N–H and O–H groups in total. The zero-order valence-electron chi connectivity index (χ0n) is 10.4. The summed E-state index contributed by atoms with van der Waals surface area (Å²) in [7, 11) is 0. The Hall–Kier alpha value is -1.68. The van der Waals surface area contributed by atoms with Gasteiger partial charge in [0.25, 0.3) is 5.91 Å². The molecule has 98 valence electrons. The summed E-state index contributed by atoms with van der Waals surface area (Å²) >= 11 is 3.35. The molecule has 2 aromatic rings. The summed E-state index contributed by atoms with van der Waals surface area (Å²) < 4.78 is 13.6. The fourth-order valence-corrected chi connectivity index (χ4v) is 2.06. The van der Waals surface area contributed by atoms with E-state index in [-0.39, 0.29) is 5.56 Å². The summed E-state index contributed by atoms with van der Waals surface area (Å²) in [6, 6.07) is 11.9. The molecule has 0 unspecified atom stereocenters. The monoisotopic (exact) mass is 321 g/mol. The quantitative estimate of drug-likeness (QED) is 0.840. The molecule has 0 atom stereocenters. The predicted octanol–water partition coefficient (Wildman–Crippen LogP) is 4.28. The largest absolute Gasteiger partial charge is 0.322 e. The number of nitrogens with one attached hydrogen (secondary N) is 1. The minimum Gasteiger partial charge on any atom is -0.322 e. The van der Waals surface area contributed by atoms with Gasteiger partial charge >= 0.3 is 0 Å². The van der Waals surface area contributed by atoms with E-state index in [0.717, 1.165) is 16.5 Å². The number of benzene rings is 2. The van der Waals surface area contributed by atoms with Crippen LogP contribution in [0.1, 0.15) is 21.5 Å². The lowest BCUT2D eigenvalue weighted by Crippen LogP contribution is -2.13. The molecule has 2 aromatic carbocycles. The Kier molecular flexibility index (Phi) is 4.32. The second kappa shape index (κ2) is 5.97. The minimum absolute atomic E-state index is 0.0598. The van der Waals surface area contributed by atoms with Crippen molar-refractivity contribution >= 4 is 27.5 Å². The second-order valence-corrected chi connectivity index (χ2v) is 4.83. The molecular weight excluding hydrogens is 309 g/mol. The number of anilines is 1. The predicted molar refractivity (Wildman–Crippen MR) is 78.2 cm³/mol. The van der Waals surface area contributed by atoms with Crippen molar-refractivity contribution in [2.45, 2.75) is 12.3 Å². The maximum absolute atomic E-state index is 13.6. The highest BCUT2D eigenvalue weighted by molar-refractivity contribution is 9.08. The van der Waals surface area contributed by atoms with Crippen molar-refractivity contribution < 1.29 is 9.18 Å². The fraction of sp³-hybridized carbons (Fsp3) is 0.133. The highest BCUT2D eigenvalue weighted by atomic mass is 79.9. The number of hydrogen-bond donors (Lipinski definition) is 1. The number of rotatable bonds is 3. The third-order valence-corrected chi connectivity index (χ3v) is 3.38. The van der Waals surface area contributed by atoms with Crippen LogP contribution in [0.3, 0.4) is 0 Å². The zero-order valence-corrected chi connectivity index (χ0v) is 12.0. The van der Waals surface area contributed by atoms with Gasteiger partial charge in [-0.2, -0.15) is 0 Å². The van der Waals surface area contributed by atoms with Crippen LogP contribution in [0, 0.1) is 12.7 Å². The number of alkyl halides is 1. The van der Waals surface area contributed by atoms with Crippen LogP contribution in [0.15, 0.2) is 42.5 Å². The topological polar surface area (TPSA) is 29.1 Å². The number of hydrogen-bond acceptors (Lipinski definition) is 1. The molecule has 0 saturated heterocycles. The highest BCUT2D eigenvalue weighted by Crippen LogP contribution is 2.15. The van der Waals surface area contributed by atoms with Crippen molar-refractivity contribution in [3.63, 3.8) is 0 Å². The van der Waals surface area contributed by atoms with Crippen molar-refractivity contribution in [1.29, 1.82) is 0 Å². The first kappa shape index (κ1) is 13.7. The summed E-state index contributed by atoms with van der Waals surface area (Å²) in [5.41, 5.74) is 2.67. The molecule has 0 saturated carbocycles. The van der Waals surface area contributed by atoms with Crippen LogP contribution in [0.4, 0.5) is 10.1 Å². The van der Waals surface area contributed by atoms with Gasteiger partial charge in [-0.1, -0.05) is 39.7 Å². The van der Waals surface area contributed by atoms with Gasteiger partial charge in [-0.25, -0.2) is 4.39 Å². The normalized spacial score (nSPS) is 10.3. The van der Waals surface area contributed by atoms with Crippen LogP contribution in [0.5, 0.6) is 0 Å². The van der Waals surface area contributed by atoms with Gasteiger partial charge in [-0.15, -0.1) is 0 Å². The van der Waals surface area contributed by atoms with Crippen LogP contribution >= 0.6 is 15.9 Å². The molecule has 2 rings (SSSR count). The second-order valence-electron chi connectivity index (χ2n) is 4.27. The molecule has 1 amide bonds. The number of halogens is 2. The molecule has 0 spiro atoms. The van der Waals surface area contributed by atoms with Crippen LogP contribution < -0.4 is 5.32 Å². The van der Waals surface area contributed by atoms with E-state index in [9.17, 15) is 9.18 Å². The first-order valence-electron chi connectivity index (χ1n) is 5.82. The maximum atomic E-state index is 13.6. The van der Waals surface area contributed by atoms with Crippen LogP contribution in [-0.2, 0) is 5.33 Å². The first-order valence-corrected chi connectivity index (χ1v) is 6.94. The van der Waals surface area contributed by atoms with Crippen LogP contribution in [-0.4, -0.2) is 5.91 Å². The van der Waals surface area contributed by atoms with Gasteiger partial charge in [0.05, 0.1) is 5.56 Å². The molecule has 0 aliphatic heterocycles. The molecule has 0 heterocycles. The van der Waals surface area contributed by atoms with Crippen molar-refractivity contribution in [3.8, 4) is 0 Å². The minimum atomic E-state index is -0.514. The Balaban J connectivity index is 2.18. The van der Waals surface area contributed by atoms with Gasteiger partial charge < -0.3 is 5.32 Å². The van der Waals surface area contributed by atoms with Gasteiger partial charge in [0.1, 0.15) is 5.82 Å². The summed E-state index contributed by atoms with van der Waals surface area (Å²) in [5.74, 6) is -0.951. The summed E-state index contributed by atoms with van der Waals surface area (Å²) in [5, 5.41) is 3.44. The summed E-state index contributed by atoms with van der Waals surface area (Å²) in [6.45, 7) is 1.82. The lowest BCUT2D eigenvalue weighted by molar-refractivity contribution is 0.102. The lowest BCUT2D eigenvalue weighted by Gasteiger charge is -2.07. The van der Waals surface area contributed by atoms with E-state index < -0.39 is 11.7 Å². The molecule has 0 aromatic heterocycles. The average molecular weight is 322 g/mol. The molecule has 2 nitrogen and oxygen atoms in total. The Morgan fingerprint density at radius 2 is 1.89 bits per heavy atom. The molecule has 4 heteroatoms. The molecule has 19 heavy (non-hydrogen) atoms. The van der Waals surface area contributed by atoms with E-state index in [1.807, 2.05) is 19.1 Å².